The third-order valence-corrected chi connectivity index (χ3v) is 12.0. The number of rotatable bonds is 7. The lowest BCUT2D eigenvalue weighted by molar-refractivity contribution is 0.953. The van der Waals surface area contributed by atoms with Crippen LogP contribution in [0.15, 0.2) is 224 Å². The molecule has 12 aromatic rings. The molecule has 12 rings (SSSR count). The third kappa shape index (κ3) is 5.98. The number of nitrogens with zero attached hydrogens (tertiary/aromatic N) is 5. The molecule has 0 saturated heterocycles. The van der Waals surface area contributed by atoms with Crippen LogP contribution in [-0.2, 0) is 0 Å². The minimum absolute atomic E-state index is 0.564. The quantitative estimate of drug-likeness (QED) is 0.162. The summed E-state index contributed by atoms with van der Waals surface area (Å²) in [5.41, 5.74) is 14.3. The molecule has 0 spiro atoms. The van der Waals surface area contributed by atoms with Gasteiger partial charge < -0.3 is 4.57 Å². The van der Waals surface area contributed by atoms with Gasteiger partial charge in [0.05, 0.1) is 22.1 Å². The van der Waals surface area contributed by atoms with Crippen LogP contribution in [0.1, 0.15) is 0 Å². The zero-order chi connectivity index (χ0) is 41.0. The van der Waals surface area contributed by atoms with Crippen molar-refractivity contribution in [3.63, 3.8) is 0 Å². The summed E-state index contributed by atoms with van der Waals surface area (Å²) in [6.07, 6.45) is 0. The van der Waals surface area contributed by atoms with Crippen LogP contribution in [0.5, 0.6) is 0 Å². The molecule has 5 heteroatoms. The van der Waals surface area contributed by atoms with Crippen molar-refractivity contribution in [3.8, 4) is 67.8 Å². The Morgan fingerprint density at radius 3 is 1.37 bits per heavy atom. The van der Waals surface area contributed by atoms with Gasteiger partial charge in [0, 0.05) is 38.4 Å². The Hall–Kier alpha value is -8.41. The zero-order valence-corrected chi connectivity index (χ0v) is 33.6. The Kier molecular flexibility index (Phi) is 8.42. The maximum atomic E-state index is 5.30. The van der Waals surface area contributed by atoms with Crippen molar-refractivity contribution in [2.24, 2.45) is 0 Å². The van der Waals surface area contributed by atoms with E-state index >= 15 is 0 Å². The summed E-state index contributed by atoms with van der Waals surface area (Å²) in [6, 6.07) is 79.2. The summed E-state index contributed by atoms with van der Waals surface area (Å²) < 4.78 is 4.63. The van der Waals surface area contributed by atoms with Crippen LogP contribution < -0.4 is 0 Å². The number of hydrogen-bond acceptors (Lipinski definition) is 3. The molecule has 0 saturated carbocycles. The first kappa shape index (κ1) is 35.5. The van der Waals surface area contributed by atoms with Crippen molar-refractivity contribution in [1.29, 1.82) is 0 Å². The fourth-order valence-corrected chi connectivity index (χ4v) is 9.06. The second-order valence-corrected chi connectivity index (χ2v) is 15.6. The molecule has 62 heavy (non-hydrogen) atoms. The number of hydrogen-bond donors (Lipinski definition) is 0. The van der Waals surface area contributed by atoms with E-state index in [0.717, 1.165) is 60.8 Å². The van der Waals surface area contributed by atoms with Crippen molar-refractivity contribution in [2.75, 3.05) is 0 Å². The summed E-state index contributed by atoms with van der Waals surface area (Å²) in [5.74, 6) is 1.79. The molecular weight excluding hydrogens is 755 g/mol. The minimum Gasteiger partial charge on any atom is -0.309 e. The highest BCUT2D eigenvalue weighted by atomic mass is 15.2. The summed E-state index contributed by atoms with van der Waals surface area (Å²) >= 11 is 0. The SMILES string of the molecule is c1ccc(-c2ccc(-n3c4ccccc4c4ccc5c(c6ccccc6n5-c5nc(-c6ccccc6)nc(-c6ccc(-c7cccc(-c8ccccc8)c7)cc6)n5)c43)cc2)cc1. The molecule has 0 aliphatic rings. The second-order valence-electron chi connectivity index (χ2n) is 15.6. The monoisotopic (exact) mass is 791 g/mol. The van der Waals surface area contributed by atoms with Crippen molar-refractivity contribution < 1.29 is 0 Å². The van der Waals surface area contributed by atoms with E-state index in [4.69, 9.17) is 15.0 Å². The van der Waals surface area contributed by atoms with Gasteiger partial charge in [-0.25, -0.2) is 4.98 Å². The van der Waals surface area contributed by atoms with Gasteiger partial charge in [-0.05, 0) is 69.8 Å². The zero-order valence-electron chi connectivity index (χ0n) is 33.6. The molecule has 290 valence electrons. The molecule has 0 radical (unpaired) electrons. The Balaban J connectivity index is 1.05. The van der Waals surface area contributed by atoms with Crippen LogP contribution in [0.2, 0.25) is 0 Å². The van der Waals surface area contributed by atoms with Gasteiger partial charge in [0.1, 0.15) is 0 Å². The maximum Gasteiger partial charge on any atom is 0.238 e. The molecular formula is C57H37N5. The van der Waals surface area contributed by atoms with E-state index in [2.05, 4.69) is 215 Å². The van der Waals surface area contributed by atoms with Crippen molar-refractivity contribution in [3.05, 3.63) is 224 Å². The highest BCUT2D eigenvalue weighted by molar-refractivity contribution is 6.26. The minimum atomic E-state index is 0.564. The fourth-order valence-electron chi connectivity index (χ4n) is 9.06. The summed E-state index contributed by atoms with van der Waals surface area (Å²) in [6.45, 7) is 0. The van der Waals surface area contributed by atoms with E-state index in [1.165, 1.54) is 33.0 Å². The molecule has 3 heterocycles. The number of aromatic nitrogens is 5. The highest BCUT2D eigenvalue weighted by Gasteiger charge is 2.23. The number of benzene rings is 9. The summed E-state index contributed by atoms with van der Waals surface area (Å²) in [5, 5.41) is 4.67. The lowest BCUT2D eigenvalue weighted by Crippen LogP contribution is -2.06. The standard InChI is InChI=1S/C57H37N5/c1-4-15-38(16-5-1)40-31-33-46(34-32-40)61-50-25-12-10-23-47(50)48-35-36-52-53(54(48)61)49-24-11-13-26-51(49)62(52)57-59-55(42-19-8-3-9-20-42)58-56(60-57)43-29-27-41(28-30-43)45-22-14-21-44(37-45)39-17-6-2-7-18-39/h1-37H. The van der Waals surface area contributed by atoms with Crippen molar-refractivity contribution >= 4 is 43.6 Å². The van der Waals surface area contributed by atoms with E-state index in [-0.39, 0.29) is 0 Å². The average molecular weight is 792 g/mol. The van der Waals surface area contributed by atoms with Gasteiger partial charge in [0.2, 0.25) is 5.95 Å². The number of fused-ring (bicyclic) bond motifs is 7. The lowest BCUT2D eigenvalue weighted by atomic mass is 9.98. The smallest absolute Gasteiger partial charge is 0.238 e. The Labute approximate surface area is 358 Å². The van der Waals surface area contributed by atoms with Crippen molar-refractivity contribution in [2.45, 2.75) is 0 Å². The molecule has 0 fully saturated rings. The molecule has 0 N–H and O–H groups in total. The van der Waals surface area contributed by atoms with Gasteiger partial charge in [-0.15, -0.1) is 0 Å². The molecule has 0 bridgehead atoms. The van der Waals surface area contributed by atoms with E-state index in [1.807, 2.05) is 18.2 Å². The van der Waals surface area contributed by atoms with Crippen LogP contribution in [0, 0.1) is 0 Å². The molecule has 0 aliphatic heterocycles. The maximum absolute atomic E-state index is 5.30. The van der Waals surface area contributed by atoms with E-state index in [9.17, 15) is 0 Å². The number of para-hydroxylation sites is 2. The molecule has 3 aromatic heterocycles. The van der Waals surface area contributed by atoms with Gasteiger partial charge in [-0.2, -0.15) is 9.97 Å². The molecule has 5 nitrogen and oxygen atoms in total. The molecule has 0 atom stereocenters. The second kappa shape index (κ2) is 14.7. The Bertz CT molecular complexity index is 3590. The van der Waals surface area contributed by atoms with Gasteiger partial charge in [-0.1, -0.05) is 188 Å². The van der Waals surface area contributed by atoms with Crippen LogP contribution in [-0.4, -0.2) is 24.1 Å². The van der Waals surface area contributed by atoms with E-state index in [0.29, 0.717) is 17.6 Å². The normalized spacial score (nSPS) is 11.5. The van der Waals surface area contributed by atoms with Crippen LogP contribution >= 0.6 is 0 Å². The highest BCUT2D eigenvalue weighted by Crippen LogP contribution is 2.42. The topological polar surface area (TPSA) is 48.5 Å². The first-order valence-electron chi connectivity index (χ1n) is 20.9. The van der Waals surface area contributed by atoms with E-state index in [1.54, 1.807) is 0 Å². The largest absolute Gasteiger partial charge is 0.309 e. The molecule has 0 aliphatic carbocycles. The van der Waals surface area contributed by atoms with Crippen molar-refractivity contribution in [1.82, 2.24) is 24.1 Å². The first-order valence-corrected chi connectivity index (χ1v) is 20.9. The van der Waals surface area contributed by atoms with E-state index < -0.39 is 0 Å². The molecule has 9 aromatic carbocycles. The average Bonchev–Trinajstić information content (AvgIpc) is 3.88. The predicted octanol–water partition coefficient (Wildman–Crippen LogP) is 14.4. The lowest BCUT2D eigenvalue weighted by Gasteiger charge is -2.12. The van der Waals surface area contributed by atoms with Crippen LogP contribution in [0.3, 0.4) is 0 Å². The van der Waals surface area contributed by atoms with Gasteiger partial charge in [0.15, 0.2) is 11.6 Å². The summed E-state index contributed by atoms with van der Waals surface area (Å²) in [7, 11) is 0. The molecule has 0 amide bonds. The van der Waals surface area contributed by atoms with Crippen LogP contribution in [0.25, 0.3) is 111 Å². The summed E-state index contributed by atoms with van der Waals surface area (Å²) in [4.78, 5) is 15.7. The fraction of sp³-hybridized carbons (Fsp3) is 0. The van der Waals surface area contributed by atoms with Gasteiger partial charge >= 0.3 is 0 Å². The van der Waals surface area contributed by atoms with Crippen LogP contribution in [0.4, 0.5) is 0 Å². The Morgan fingerprint density at radius 1 is 0.274 bits per heavy atom. The molecule has 0 unspecified atom stereocenters. The van der Waals surface area contributed by atoms with Gasteiger partial charge in [0.25, 0.3) is 0 Å². The first-order chi connectivity index (χ1) is 30.7. The third-order valence-electron chi connectivity index (χ3n) is 12.0. The van der Waals surface area contributed by atoms with Gasteiger partial charge in [-0.3, -0.25) is 4.57 Å². The predicted molar refractivity (Wildman–Crippen MR) is 256 cm³/mol. The Morgan fingerprint density at radius 2 is 0.726 bits per heavy atom.